The highest BCUT2D eigenvalue weighted by Crippen LogP contribution is 2.12. The minimum absolute atomic E-state index is 0.418. The third-order valence-electron chi connectivity index (χ3n) is 0.914. The highest BCUT2D eigenvalue weighted by atomic mass is 32.1. The Kier molecular flexibility index (Phi) is 1.48. The molecule has 0 atom stereocenters. The van der Waals surface area contributed by atoms with Crippen molar-refractivity contribution in [2.75, 3.05) is 0 Å². The van der Waals surface area contributed by atoms with Gasteiger partial charge < -0.3 is 0 Å². The lowest BCUT2D eigenvalue weighted by Gasteiger charge is -1.78. The Balaban J connectivity index is 2.84. The summed E-state index contributed by atoms with van der Waals surface area (Å²) in [5.41, 5.74) is 8.05. The van der Waals surface area contributed by atoms with Crippen molar-refractivity contribution >= 4 is 16.5 Å². The molecule has 0 aromatic carbocycles. The van der Waals surface area contributed by atoms with Gasteiger partial charge in [0.2, 0.25) is 5.13 Å². The maximum atomic E-state index is 7.03. The van der Waals surface area contributed by atoms with Crippen LogP contribution in [-0.4, -0.2) is 4.98 Å². The van der Waals surface area contributed by atoms with E-state index < -0.39 is 0 Å². The monoisotopic (exact) mass is 127 g/mol. The standard InChI is InChI=1S/C5H7N2S/c1-2-4-3-8-5(6)7-4/h3,6H,2H2,1H3. The maximum absolute atomic E-state index is 7.03. The van der Waals surface area contributed by atoms with Crippen molar-refractivity contribution < 1.29 is 0 Å². The van der Waals surface area contributed by atoms with Gasteiger partial charge in [0.05, 0.1) is 5.69 Å². The first-order valence-corrected chi connectivity index (χ1v) is 3.37. The van der Waals surface area contributed by atoms with Gasteiger partial charge in [0.15, 0.2) is 0 Å². The minimum Gasteiger partial charge on any atom is -0.274 e. The predicted octanol–water partition coefficient (Wildman–Crippen LogP) is 1.62. The van der Waals surface area contributed by atoms with E-state index in [1.165, 1.54) is 11.3 Å². The number of nitrogens with one attached hydrogen (secondary N) is 1. The molecule has 43 valence electrons. The van der Waals surface area contributed by atoms with Crippen LogP contribution in [0.2, 0.25) is 0 Å². The third kappa shape index (κ3) is 0.980. The van der Waals surface area contributed by atoms with Gasteiger partial charge in [0, 0.05) is 5.38 Å². The highest BCUT2D eigenvalue weighted by molar-refractivity contribution is 7.13. The number of aromatic nitrogens is 1. The molecule has 0 aliphatic rings. The zero-order chi connectivity index (χ0) is 5.98. The number of hydrogen-bond acceptors (Lipinski definition) is 2. The van der Waals surface area contributed by atoms with Crippen molar-refractivity contribution in [3.63, 3.8) is 0 Å². The maximum Gasteiger partial charge on any atom is 0.201 e. The highest BCUT2D eigenvalue weighted by Gasteiger charge is 1.92. The van der Waals surface area contributed by atoms with Crippen molar-refractivity contribution in [1.29, 1.82) is 0 Å². The van der Waals surface area contributed by atoms with E-state index >= 15 is 0 Å². The third-order valence-corrected chi connectivity index (χ3v) is 1.62. The lowest BCUT2D eigenvalue weighted by Crippen LogP contribution is -1.75. The summed E-state index contributed by atoms with van der Waals surface area (Å²) >= 11 is 1.38. The molecule has 0 fully saturated rings. The molecule has 2 nitrogen and oxygen atoms in total. The number of thiazole rings is 1. The molecule has 0 bridgehead atoms. The minimum atomic E-state index is 0.418. The van der Waals surface area contributed by atoms with E-state index in [4.69, 9.17) is 5.73 Å². The van der Waals surface area contributed by atoms with Crippen molar-refractivity contribution in [3.8, 4) is 0 Å². The normalized spacial score (nSPS) is 9.62. The summed E-state index contributed by atoms with van der Waals surface area (Å²) in [4.78, 5) is 3.91. The van der Waals surface area contributed by atoms with Gasteiger partial charge in [0.25, 0.3) is 0 Å². The molecule has 3 heteroatoms. The van der Waals surface area contributed by atoms with Crippen LogP contribution in [0.4, 0.5) is 5.13 Å². The van der Waals surface area contributed by atoms with Crippen LogP contribution in [-0.2, 0) is 6.42 Å². The van der Waals surface area contributed by atoms with E-state index in [0.717, 1.165) is 12.1 Å². The van der Waals surface area contributed by atoms with Gasteiger partial charge in [-0.1, -0.05) is 6.92 Å². The predicted molar refractivity (Wildman–Crippen MR) is 34.2 cm³/mol. The second-order valence-corrected chi connectivity index (χ2v) is 2.36. The van der Waals surface area contributed by atoms with Crippen LogP contribution in [0.5, 0.6) is 0 Å². The molecule has 1 radical (unpaired) electrons. The summed E-state index contributed by atoms with van der Waals surface area (Å²) in [6.45, 7) is 2.04. The van der Waals surface area contributed by atoms with E-state index in [-0.39, 0.29) is 0 Å². The van der Waals surface area contributed by atoms with Gasteiger partial charge in [-0.05, 0) is 6.42 Å². The van der Waals surface area contributed by atoms with Crippen molar-refractivity contribution in [2.45, 2.75) is 13.3 Å². The van der Waals surface area contributed by atoms with Gasteiger partial charge >= 0.3 is 0 Å². The number of aryl methyl sites for hydroxylation is 1. The fourth-order valence-corrected chi connectivity index (χ4v) is 1.11. The van der Waals surface area contributed by atoms with Gasteiger partial charge in [-0.3, -0.25) is 5.73 Å². The molecule has 0 saturated carbocycles. The van der Waals surface area contributed by atoms with E-state index in [9.17, 15) is 0 Å². The number of hydrogen-bond donors (Lipinski definition) is 0. The lowest BCUT2D eigenvalue weighted by atomic mass is 10.4. The smallest absolute Gasteiger partial charge is 0.201 e. The van der Waals surface area contributed by atoms with Crippen LogP contribution in [0.15, 0.2) is 5.38 Å². The van der Waals surface area contributed by atoms with Crippen LogP contribution >= 0.6 is 11.3 Å². The summed E-state index contributed by atoms with van der Waals surface area (Å²) in [5, 5.41) is 2.34. The Labute approximate surface area is 52.4 Å². The molecule has 1 aromatic rings. The van der Waals surface area contributed by atoms with Gasteiger partial charge in [-0.15, -0.1) is 11.3 Å². The van der Waals surface area contributed by atoms with Gasteiger partial charge in [-0.25, -0.2) is 4.98 Å². The van der Waals surface area contributed by atoms with Crippen LogP contribution < -0.4 is 5.73 Å². The van der Waals surface area contributed by atoms with Crippen LogP contribution in [0.3, 0.4) is 0 Å². The van der Waals surface area contributed by atoms with E-state index in [0.29, 0.717) is 5.13 Å². The first kappa shape index (κ1) is 5.56. The summed E-state index contributed by atoms with van der Waals surface area (Å²) in [5.74, 6) is 0. The summed E-state index contributed by atoms with van der Waals surface area (Å²) in [6, 6.07) is 0. The summed E-state index contributed by atoms with van der Waals surface area (Å²) in [7, 11) is 0. The average Bonchev–Trinajstić information content (AvgIpc) is 2.14. The zero-order valence-electron chi connectivity index (χ0n) is 4.64. The molecule has 0 unspecified atom stereocenters. The fraction of sp³-hybridized carbons (Fsp3) is 0.400. The molecule has 0 aliphatic carbocycles. The zero-order valence-corrected chi connectivity index (χ0v) is 5.46. The quantitative estimate of drug-likeness (QED) is 0.564. The molecule has 1 N–H and O–H groups in total. The Morgan fingerprint density at radius 3 is 2.88 bits per heavy atom. The topological polar surface area (TPSA) is 36.7 Å². The van der Waals surface area contributed by atoms with E-state index in [1.807, 2.05) is 12.3 Å². The van der Waals surface area contributed by atoms with Gasteiger partial charge in [-0.2, -0.15) is 0 Å². The molecule has 1 rings (SSSR count). The molecule has 1 heterocycles. The molecule has 0 aliphatic heterocycles. The van der Waals surface area contributed by atoms with Crippen LogP contribution in [0.25, 0.3) is 0 Å². The Hall–Kier alpha value is -0.570. The van der Waals surface area contributed by atoms with E-state index in [2.05, 4.69) is 4.98 Å². The lowest BCUT2D eigenvalue weighted by molar-refractivity contribution is 1.06. The van der Waals surface area contributed by atoms with Crippen molar-refractivity contribution in [1.82, 2.24) is 10.7 Å². The summed E-state index contributed by atoms with van der Waals surface area (Å²) in [6.07, 6.45) is 0.940. The largest absolute Gasteiger partial charge is 0.274 e. The van der Waals surface area contributed by atoms with E-state index in [1.54, 1.807) is 0 Å². The molecule has 0 saturated heterocycles. The Bertz CT molecular complexity index is 171. The molecular weight excluding hydrogens is 120 g/mol. The second-order valence-electron chi connectivity index (χ2n) is 1.50. The SMILES string of the molecule is CCc1csc([NH])n1. The summed E-state index contributed by atoms with van der Waals surface area (Å²) < 4.78 is 0. The Morgan fingerprint density at radius 2 is 2.62 bits per heavy atom. The Morgan fingerprint density at radius 1 is 1.88 bits per heavy atom. The van der Waals surface area contributed by atoms with Crippen LogP contribution in [0.1, 0.15) is 12.6 Å². The second kappa shape index (κ2) is 2.13. The molecule has 0 spiro atoms. The average molecular weight is 127 g/mol. The number of nitrogens with zero attached hydrogens (tertiary/aromatic N) is 1. The first-order valence-electron chi connectivity index (χ1n) is 2.49. The molecule has 1 aromatic heterocycles. The number of rotatable bonds is 1. The van der Waals surface area contributed by atoms with Crippen LogP contribution in [0, 0.1) is 0 Å². The van der Waals surface area contributed by atoms with Gasteiger partial charge in [0.1, 0.15) is 0 Å². The van der Waals surface area contributed by atoms with Crippen molar-refractivity contribution in [3.05, 3.63) is 11.1 Å². The molecule has 0 amide bonds. The molecule has 8 heavy (non-hydrogen) atoms. The fourth-order valence-electron chi connectivity index (χ4n) is 0.469. The van der Waals surface area contributed by atoms with Crippen molar-refractivity contribution in [2.24, 2.45) is 0 Å². The molecular formula is C5H7N2S. The first-order chi connectivity index (χ1) is 3.83.